The van der Waals surface area contributed by atoms with Crippen molar-refractivity contribution in [2.24, 2.45) is 0 Å². The van der Waals surface area contributed by atoms with E-state index in [1.54, 1.807) is 12.1 Å². The van der Waals surface area contributed by atoms with Gasteiger partial charge in [-0.1, -0.05) is 54.5 Å². The molecule has 8 heteroatoms. The fourth-order valence-electron chi connectivity index (χ4n) is 4.87. The number of benzene rings is 3. The lowest BCUT2D eigenvalue weighted by Crippen LogP contribution is -2.47. The lowest BCUT2D eigenvalue weighted by atomic mass is 10.0. The Morgan fingerprint density at radius 1 is 1.06 bits per heavy atom. The number of rotatable bonds is 7. The SMILES string of the molecule is Cc1cccc(N(C(=O)Cn2nnc3ccccc32)[C@@H](C(=O)NC2CCCC2)c2ccc(F)cc2)c1. The molecule has 0 saturated heterocycles. The number of para-hydroxylation sites is 1. The Kier molecular flexibility index (Phi) is 6.75. The van der Waals surface area contributed by atoms with Crippen molar-refractivity contribution in [3.05, 3.63) is 89.7 Å². The van der Waals surface area contributed by atoms with Crippen LogP contribution >= 0.6 is 0 Å². The van der Waals surface area contributed by atoms with Gasteiger partial charge in [-0.3, -0.25) is 14.5 Å². The van der Waals surface area contributed by atoms with E-state index < -0.39 is 11.9 Å². The summed E-state index contributed by atoms with van der Waals surface area (Å²) in [5.74, 6) is -1.02. The lowest BCUT2D eigenvalue weighted by Gasteiger charge is -2.32. The van der Waals surface area contributed by atoms with E-state index >= 15 is 0 Å². The molecule has 1 heterocycles. The quantitative estimate of drug-likeness (QED) is 0.411. The van der Waals surface area contributed by atoms with Gasteiger partial charge in [0.15, 0.2) is 0 Å². The molecule has 5 rings (SSSR count). The fraction of sp³-hybridized carbons (Fsp3) is 0.286. The highest BCUT2D eigenvalue weighted by molar-refractivity contribution is 6.01. The number of carbonyl (C=O) groups is 2. The Bertz CT molecular complexity index is 1380. The normalized spacial score (nSPS) is 14.6. The number of aryl methyl sites for hydroxylation is 1. The third kappa shape index (κ3) is 4.98. The maximum absolute atomic E-state index is 14.0. The van der Waals surface area contributed by atoms with E-state index in [-0.39, 0.29) is 24.4 Å². The molecule has 1 aliphatic rings. The van der Waals surface area contributed by atoms with Gasteiger partial charge in [0.05, 0.1) is 5.52 Å². The molecule has 1 saturated carbocycles. The third-order valence-corrected chi connectivity index (χ3v) is 6.65. The van der Waals surface area contributed by atoms with Crippen LogP contribution in [0.4, 0.5) is 10.1 Å². The van der Waals surface area contributed by atoms with Crippen LogP contribution in [0.2, 0.25) is 0 Å². The number of nitrogens with one attached hydrogen (secondary N) is 1. The molecule has 4 aromatic rings. The van der Waals surface area contributed by atoms with Gasteiger partial charge >= 0.3 is 0 Å². The van der Waals surface area contributed by atoms with Crippen molar-refractivity contribution in [2.45, 2.75) is 51.2 Å². The first kappa shape index (κ1) is 23.7. The Labute approximate surface area is 208 Å². The summed E-state index contributed by atoms with van der Waals surface area (Å²) in [5, 5.41) is 11.5. The van der Waals surface area contributed by atoms with E-state index in [0.29, 0.717) is 16.8 Å². The molecule has 0 unspecified atom stereocenters. The summed E-state index contributed by atoms with van der Waals surface area (Å²) >= 11 is 0. The monoisotopic (exact) mass is 485 g/mol. The number of hydrogen-bond acceptors (Lipinski definition) is 4. The van der Waals surface area contributed by atoms with Crippen LogP contribution in [0, 0.1) is 12.7 Å². The molecule has 0 spiro atoms. The lowest BCUT2D eigenvalue weighted by molar-refractivity contribution is -0.127. The second kappa shape index (κ2) is 10.3. The topological polar surface area (TPSA) is 80.1 Å². The van der Waals surface area contributed by atoms with Gasteiger partial charge < -0.3 is 5.32 Å². The minimum absolute atomic E-state index is 0.0640. The van der Waals surface area contributed by atoms with Crippen LogP contribution in [0.3, 0.4) is 0 Å². The summed E-state index contributed by atoms with van der Waals surface area (Å²) in [6.45, 7) is 1.82. The molecule has 3 aromatic carbocycles. The molecule has 0 bridgehead atoms. The minimum Gasteiger partial charge on any atom is -0.351 e. The van der Waals surface area contributed by atoms with E-state index in [4.69, 9.17) is 0 Å². The maximum atomic E-state index is 14.0. The number of fused-ring (bicyclic) bond motifs is 1. The number of nitrogens with zero attached hydrogens (tertiary/aromatic N) is 4. The number of carbonyl (C=O) groups excluding carboxylic acids is 2. The zero-order valence-electron chi connectivity index (χ0n) is 20.1. The number of aromatic nitrogens is 3. The van der Waals surface area contributed by atoms with Crippen LogP contribution in [0.25, 0.3) is 11.0 Å². The van der Waals surface area contributed by atoms with E-state index in [1.165, 1.54) is 21.7 Å². The van der Waals surface area contributed by atoms with Gasteiger partial charge in [-0.25, -0.2) is 9.07 Å². The van der Waals surface area contributed by atoms with Crippen LogP contribution in [0.5, 0.6) is 0 Å². The van der Waals surface area contributed by atoms with Crippen molar-refractivity contribution >= 4 is 28.5 Å². The van der Waals surface area contributed by atoms with Crippen molar-refractivity contribution in [1.82, 2.24) is 20.3 Å². The molecule has 7 nitrogen and oxygen atoms in total. The van der Waals surface area contributed by atoms with E-state index in [0.717, 1.165) is 36.8 Å². The average molecular weight is 486 g/mol. The first-order valence-electron chi connectivity index (χ1n) is 12.2. The Morgan fingerprint density at radius 3 is 2.56 bits per heavy atom. The molecule has 184 valence electrons. The fourth-order valence-corrected chi connectivity index (χ4v) is 4.87. The van der Waals surface area contributed by atoms with Gasteiger partial charge in [-0.2, -0.15) is 0 Å². The second-order valence-corrected chi connectivity index (χ2v) is 9.28. The summed E-state index contributed by atoms with van der Waals surface area (Å²) < 4.78 is 15.4. The van der Waals surface area contributed by atoms with Gasteiger partial charge in [0.25, 0.3) is 0 Å². The molecule has 1 fully saturated rings. The molecule has 36 heavy (non-hydrogen) atoms. The van der Waals surface area contributed by atoms with Crippen LogP contribution in [0.15, 0.2) is 72.8 Å². The molecule has 1 atom stereocenters. The largest absolute Gasteiger partial charge is 0.351 e. The van der Waals surface area contributed by atoms with Crippen molar-refractivity contribution in [2.75, 3.05) is 4.90 Å². The minimum atomic E-state index is -0.977. The maximum Gasteiger partial charge on any atom is 0.249 e. The highest BCUT2D eigenvalue weighted by Gasteiger charge is 2.34. The molecule has 1 N–H and O–H groups in total. The van der Waals surface area contributed by atoms with Crippen LogP contribution in [-0.4, -0.2) is 32.9 Å². The van der Waals surface area contributed by atoms with Crippen LogP contribution in [0.1, 0.15) is 42.9 Å². The number of hydrogen-bond donors (Lipinski definition) is 1. The van der Waals surface area contributed by atoms with Crippen molar-refractivity contribution in [1.29, 1.82) is 0 Å². The highest BCUT2D eigenvalue weighted by Crippen LogP contribution is 2.30. The molecule has 1 aliphatic carbocycles. The first-order valence-corrected chi connectivity index (χ1v) is 12.2. The van der Waals surface area contributed by atoms with Gasteiger partial charge in [0.1, 0.15) is 23.9 Å². The number of amides is 2. The van der Waals surface area contributed by atoms with Gasteiger partial charge in [0, 0.05) is 11.7 Å². The molecular weight excluding hydrogens is 457 g/mol. The Hall–Kier alpha value is -4.07. The van der Waals surface area contributed by atoms with E-state index in [1.807, 2.05) is 55.5 Å². The number of halogens is 1. The van der Waals surface area contributed by atoms with Gasteiger partial charge in [-0.05, 0) is 67.3 Å². The predicted octanol–water partition coefficient (Wildman–Crippen LogP) is 4.71. The van der Waals surface area contributed by atoms with Crippen LogP contribution in [-0.2, 0) is 16.1 Å². The number of anilines is 1. The molecular formula is C28H28FN5O2. The van der Waals surface area contributed by atoms with Crippen molar-refractivity contribution in [3.8, 4) is 0 Å². The van der Waals surface area contributed by atoms with Gasteiger partial charge in [-0.15, -0.1) is 5.10 Å². The molecule has 2 amide bonds. The van der Waals surface area contributed by atoms with Gasteiger partial charge in [0.2, 0.25) is 11.8 Å². The van der Waals surface area contributed by atoms with E-state index in [2.05, 4.69) is 15.6 Å². The summed E-state index contributed by atoms with van der Waals surface area (Å²) in [6, 6.07) is 19.7. The standard InChI is InChI=1S/C28H28FN5O2/c1-19-7-6-10-23(17-19)34(26(35)18-33-25-12-5-4-11-24(25)31-32-33)27(20-13-15-21(29)16-14-20)28(36)30-22-8-2-3-9-22/h4-7,10-17,22,27H,2-3,8-9,18H2,1H3,(H,30,36)/t27-/m1/s1. The predicted molar refractivity (Wildman–Crippen MR) is 136 cm³/mol. The summed E-state index contributed by atoms with van der Waals surface area (Å²) in [5.41, 5.74) is 3.47. The van der Waals surface area contributed by atoms with Crippen LogP contribution < -0.4 is 10.2 Å². The molecule has 0 aliphatic heterocycles. The molecule has 1 aromatic heterocycles. The average Bonchev–Trinajstić information content (AvgIpc) is 3.53. The van der Waals surface area contributed by atoms with Crippen molar-refractivity contribution in [3.63, 3.8) is 0 Å². The zero-order valence-corrected chi connectivity index (χ0v) is 20.1. The second-order valence-electron chi connectivity index (χ2n) is 9.28. The van der Waals surface area contributed by atoms with Crippen molar-refractivity contribution < 1.29 is 14.0 Å². The zero-order chi connectivity index (χ0) is 25.1. The smallest absolute Gasteiger partial charge is 0.249 e. The van der Waals surface area contributed by atoms with E-state index in [9.17, 15) is 14.0 Å². The summed E-state index contributed by atoms with van der Waals surface area (Å²) in [4.78, 5) is 29.2. The third-order valence-electron chi connectivity index (χ3n) is 6.65. The Balaban J connectivity index is 1.57. The summed E-state index contributed by atoms with van der Waals surface area (Å²) in [7, 11) is 0. The Morgan fingerprint density at radius 2 is 1.81 bits per heavy atom. The highest BCUT2D eigenvalue weighted by atomic mass is 19.1. The molecule has 0 radical (unpaired) electrons. The summed E-state index contributed by atoms with van der Waals surface area (Å²) in [6.07, 6.45) is 3.94. The first-order chi connectivity index (χ1) is 17.5.